The molecular formula is C21H27F2N5O3S. The number of hydrogen-bond donors (Lipinski definition) is 1. The third kappa shape index (κ3) is 4.83. The molecule has 2 aromatic rings. The predicted octanol–water partition coefficient (Wildman–Crippen LogP) is 2.04. The Labute approximate surface area is 186 Å². The van der Waals surface area contributed by atoms with Crippen LogP contribution in [0.15, 0.2) is 23.1 Å². The zero-order valence-corrected chi connectivity index (χ0v) is 18.6. The van der Waals surface area contributed by atoms with Crippen molar-refractivity contribution in [3.8, 4) is 0 Å². The lowest BCUT2D eigenvalue weighted by molar-refractivity contribution is -0.126. The number of rotatable bonds is 6. The highest BCUT2D eigenvalue weighted by Gasteiger charge is 2.33. The number of sulfonamides is 1. The summed E-state index contributed by atoms with van der Waals surface area (Å²) in [5, 5.41) is 11.4. The molecule has 1 saturated heterocycles. The molecule has 1 N–H and O–H groups in total. The standard InChI is InChI=1S/C21H27F2N5O3S/c22-16-5-6-17(23)18(14-16)32(30,31)27-12-8-15(9-13-27)21(29)24-10-7-20-26-25-19-4-2-1-3-11-28(19)20/h5-6,14-15H,1-4,7-13H2,(H,24,29). The van der Waals surface area contributed by atoms with E-state index in [4.69, 9.17) is 0 Å². The molecule has 0 unspecified atom stereocenters. The van der Waals surface area contributed by atoms with E-state index >= 15 is 0 Å². The van der Waals surface area contributed by atoms with Gasteiger partial charge in [-0.15, -0.1) is 10.2 Å². The predicted molar refractivity (Wildman–Crippen MR) is 112 cm³/mol. The van der Waals surface area contributed by atoms with Crippen LogP contribution in [0.1, 0.15) is 43.8 Å². The van der Waals surface area contributed by atoms with Gasteiger partial charge in [0.05, 0.1) is 0 Å². The van der Waals surface area contributed by atoms with Gasteiger partial charge < -0.3 is 9.88 Å². The van der Waals surface area contributed by atoms with E-state index in [1.54, 1.807) is 0 Å². The first kappa shape index (κ1) is 22.8. The summed E-state index contributed by atoms with van der Waals surface area (Å²) < 4.78 is 56.0. The van der Waals surface area contributed by atoms with Gasteiger partial charge in [0.1, 0.15) is 28.2 Å². The number of carbonyl (C=O) groups is 1. The minimum atomic E-state index is -4.15. The highest BCUT2D eigenvalue weighted by Crippen LogP contribution is 2.26. The van der Waals surface area contributed by atoms with Crippen molar-refractivity contribution in [2.24, 2.45) is 5.92 Å². The lowest BCUT2D eigenvalue weighted by Crippen LogP contribution is -2.43. The summed E-state index contributed by atoms with van der Waals surface area (Å²) in [5.41, 5.74) is 0. The summed E-state index contributed by atoms with van der Waals surface area (Å²) in [6.07, 6.45) is 5.57. The largest absolute Gasteiger partial charge is 0.355 e. The SMILES string of the molecule is O=C(NCCc1nnc2n1CCCCC2)C1CCN(S(=O)(=O)c2cc(F)ccc2F)CC1. The van der Waals surface area contributed by atoms with Crippen molar-refractivity contribution in [3.63, 3.8) is 0 Å². The number of fused-ring (bicyclic) bond motifs is 1. The van der Waals surface area contributed by atoms with Gasteiger partial charge in [-0.25, -0.2) is 17.2 Å². The third-order valence-electron chi connectivity index (χ3n) is 6.17. The number of amides is 1. The first-order chi connectivity index (χ1) is 15.4. The van der Waals surface area contributed by atoms with Gasteiger partial charge in [-0.05, 0) is 43.9 Å². The Morgan fingerprint density at radius 2 is 1.88 bits per heavy atom. The van der Waals surface area contributed by atoms with E-state index in [1.165, 1.54) is 6.42 Å². The minimum absolute atomic E-state index is 0.0774. The molecule has 1 aromatic carbocycles. The van der Waals surface area contributed by atoms with Crippen molar-refractivity contribution in [1.82, 2.24) is 24.4 Å². The Kier molecular flexibility index (Phi) is 6.85. The zero-order valence-electron chi connectivity index (χ0n) is 17.8. The van der Waals surface area contributed by atoms with Crippen molar-refractivity contribution in [2.75, 3.05) is 19.6 Å². The highest BCUT2D eigenvalue weighted by atomic mass is 32.2. The van der Waals surface area contributed by atoms with E-state index in [0.717, 1.165) is 53.9 Å². The number of nitrogens with one attached hydrogen (secondary N) is 1. The number of carbonyl (C=O) groups excluding carboxylic acids is 1. The second-order valence-electron chi connectivity index (χ2n) is 8.29. The molecule has 1 aromatic heterocycles. The Morgan fingerprint density at radius 1 is 1.09 bits per heavy atom. The van der Waals surface area contributed by atoms with Crippen LogP contribution in [-0.2, 0) is 34.2 Å². The molecule has 0 spiro atoms. The van der Waals surface area contributed by atoms with E-state index < -0.39 is 26.6 Å². The Hall–Kier alpha value is -2.40. The molecule has 0 radical (unpaired) electrons. The number of nitrogens with zero attached hydrogens (tertiary/aromatic N) is 4. The van der Waals surface area contributed by atoms with Crippen LogP contribution in [0.5, 0.6) is 0 Å². The molecule has 11 heteroatoms. The molecule has 1 amide bonds. The summed E-state index contributed by atoms with van der Waals surface area (Å²) in [5.74, 6) is -0.377. The van der Waals surface area contributed by atoms with Crippen LogP contribution in [-0.4, -0.2) is 53.0 Å². The molecule has 1 fully saturated rings. The minimum Gasteiger partial charge on any atom is -0.355 e. The molecule has 174 valence electrons. The Morgan fingerprint density at radius 3 is 2.66 bits per heavy atom. The van der Waals surface area contributed by atoms with Crippen molar-refractivity contribution in [3.05, 3.63) is 41.5 Å². The lowest BCUT2D eigenvalue weighted by Gasteiger charge is -2.30. The third-order valence-corrected chi connectivity index (χ3v) is 8.08. The molecule has 0 bridgehead atoms. The first-order valence-corrected chi connectivity index (χ1v) is 12.4. The van der Waals surface area contributed by atoms with Gasteiger partial charge in [-0.2, -0.15) is 4.31 Å². The Balaban J connectivity index is 1.28. The number of benzene rings is 1. The molecule has 4 rings (SSSR count). The molecule has 0 atom stereocenters. The van der Waals surface area contributed by atoms with E-state index in [-0.39, 0.29) is 24.9 Å². The summed E-state index contributed by atoms with van der Waals surface area (Å²) in [4.78, 5) is 11.9. The molecule has 0 aliphatic carbocycles. The van der Waals surface area contributed by atoms with Crippen molar-refractivity contribution < 1.29 is 22.0 Å². The molecule has 32 heavy (non-hydrogen) atoms. The topological polar surface area (TPSA) is 97.2 Å². The second-order valence-corrected chi connectivity index (χ2v) is 10.2. The summed E-state index contributed by atoms with van der Waals surface area (Å²) >= 11 is 0. The molecule has 3 heterocycles. The lowest BCUT2D eigenvalue weighted by atomic mass is 9.97. The monoisotopic (exact) mass is 467 g/mol. The summed E-state index contributed by atoms with van der Waals surface area (Å²) in [7, 11) is -4.15. The maximum absolute atomic E-state index is 14.0. The van der Waals surface area contributed by atoms with Gasteiger partial charge >= 0.3 is 0 Å². The fourth-order valence-electron chi connectivity index (χ4n) is 4.34. The maximum Gasteiger partial charge on any atom is 0.246 e. The van der Waals surface area contributed by atoms with Crippen LogP contribution >= 0.6 is 0 Å². The molecule has 2 aliphatic heterocycles. The van der Waals surface area contributed by atoms with Crippen molar-refractivity contribution >= 4 is 15.9 Å². The van der Waals surface area contributed by atoms with E-state index in [2.05, 4.69) is 20.1 Å². The number of aryl methyl sites for hydroxylation is 1. The first-order valence-electron chi connectivity index (χ1n) is 11.0. The van der Waals surface area contributed by atoms with Crippen molar-refractivity contribution in [2.45, 2.75) is 56.4 Å². The second kappa shape index (κ2) is 9.62. The van der Waals surface area contributed by atoms with Gasteiger partial charge in [0.25, 0.3) is 0 Å². The number of piperidine rings is 1. The zero-order chi connectivity index (χ0) is 22.7. The van der Waals surface area contributed by atoms with Gasteiger partial charge in [-0.3, -0.25) is 4.79 Å². The number of hydrogen-bond acceptors (Lipinski definition) is 5. The average molecular weight is 468 g/mol. The number of aromatic nitrogens is 3. The highest BCUT2D eigenvalue weighted by molar-refractivity contribution is 7.89. The summed E-state index contributed by atoms with van der Waals surface area (Å²) in [6, 6.07) is 2.37. The fraction of sp³-hybridized carbons (Fsp3) is 0.571. The number of halogens is 2. The van der Waals surface area contributed by atoms with Gasteiger partial charge in [0.15, 0.2) is 0 Å². The quantitative estimate of drug-likeness (QED) is 0.701. The smallest absolute Gasteiger partial charge is 0.246 e. The average Bonchev–Trinajstić information content (AvgIpc) is 3.01. The van der Waals surface area contributed by atoms with Crippen molar-refractivity contribution in [1.29, 1.82) is 0 Å². The van der Waals surface area contributed by atoms with Crippen LogP contribution in [0.3, 0.4) is 0 Å². The Bertz CT molecular complexity index is 1080. The van der Waals surface area contributed by atoms with Crippen LogP contribution < -0.4 is 5.32 Å². The van der Waals surface area contributed by atoms with E-state index in [1.807, 2.05) is 0 Å². The molecular weight excluding hydrogens is 440 g/mol. The van der Waals surface area contributed by atoms with Crippen LogP contribution in [0, 0.1) is 17.6 Å². The summed E-state index contributed by atoms with van der Waals surface area (Å²) in [6.45, 7) is 1.50. The normalized spacial score (nSPS) is 18.2. The van der Waals surface area contributed by atoms with E-state index in [0.29, 0.717) is 31.9 Å². The maximum atomic E-state index is 14.0. The van der Waals surface area contributed by atoms with Gasteiger partial charge in [-0.1, -0.05) is 6.42 Å². The van der Waals surface area contributed by atoms with E-state index in [9.17, 15) is 22.0 Å². The van der Waals surface area contributed by atoms with Crippen LogP contribution in [0.4, 0.5) is 8.78 Å². The van der Waals surface area contributed by atoms with Crippen LogP contribution in [0.25, 0.3) is 0 Å². The van der Waals surface area contributed by atoms with Gasteiger partial charge in [0, 0.05) is 44.9 Å². The van der Waals surface area contributed by atoms with Crippen LogP contribution in [0.2, 0.25) is 0 Å². The molecule has 8 nitrogen and oxygen atoms in total. The molecule has 2 aliphatic rings. The fourth-order valence-corrected chi connectivity index (χ4v) is 5.89. The molecule has 0 saturated carbocycles. The van der Waals surface area contributed by atoms with Gasteiger partial charge in [0.2, 0.25) is 15.9 Å².